The molecule has 9 heteroatoms. The van der Waals surface area contributed by atoms with E-state index in [-0.39, 0.29) is 15.0 Å². The molecule has 2 aromatic rings. The lowest BCUT2D eigenvalue weighted by Crippen LogP contribution is -2.12. The first-order valence-electron chi connectivity index (χ1n) is 4.76. The fourth-order valence-corrected chi connectivity index (χ4v) is 3.26. The molecule has 1 heterocycles. The van der Waals surface area contributed by atoms with Crippen molar-refractivity contribution in [1.29, 1.82) is 0 Å². The van der Waals surface area contributed by atoms with Gasteiger partial charge in [-0.15, -0.1) is 0 Å². The second kappa shape index (κ2) is 4.71. The van der Waals surface area contributed by atoms with Gasteiger partial charge in [-0.1, -0.05) is 11.6 Å². The number of hydrogen-bond acceptors (Lipinski definition) is 6. The zero-order chi connectivity index (χ0) is 13.3. The predicted octanol–water partition coefficient (Wildman–Crippen LogP) is 1.88. The third kappa shape index (κ3) is 2.71. The van der Waals surface area contributed by atoms with Crippen LogP contribution < -0.4 is 10.5 Å². The Hall–Kier alpha value is -1.38. The first kappa shape index (κ1) is 13.1. The van der Waals surface area contributed by atoms with Gasteiger partial charge in [-0.2, -0.15) is 4.37 Å². The molecular weight excluding hydrogens is 296 g/mol. The van der Waals surface area contributed by atoms with Gasteiger partial charge in [0.05, 0.1) is 15.6 Å². The van der Waals surface area contributed by atoms with Gasteiger partial charge in [0.25, 0.3) is 10.0 Å². The molecule has 0 radical (unpaired) electrons. The van der Waals surface area contributed by atoms with Crippen molar-refractivity contribution in [2.24, 2.45) is 0 Å². The molecule has 1 aromatic heterocycles. The van der Waals surface area contributed by atoms with Crippen molar-refractivity contribution in [1.82, 2.24) is 9.36 Å². The molecule has 0 aliphatic heterocycles. The molecule has 0 fully saturated rings. The molecule has 2 rings (SSSR count). The minimum absolute atomic E-state index is 0.0227. The number of nitrogens with one attached hydrogen (secondary N) is 1. The Morgan fingerprint density at radius 3 is 2.72 bits per heavy atom. The highest BCUT2D eigenvalue weighted by molar-refractivity contribution is 7.93. The first-order chi connectivity index (χ1) is 8.38. The van der Waals surface area contributed by atoms with Gasteiger partial charge in [-0.25, -0.2) is 13.4 Å². The molecule has 0 atom stereocenters. The lowest BCUT2D eigenvalue weighted by molar-refractivity contribution is 0.601. The number of nitrogens with zero attached hydrogens (tertiary/aromatic N) is 2. The average molecular weight is 305 g/mol. The minimum Gasteiger partial charge on any atom is -0.398 e. The van der Waals surface area contributed by atoms with E-state index in [1.807, 2.05) is 0 Å². The van der Waals surface area contributed by atoms with Crippen LogP contribution in [0.1, 0.15) is 5.82 Å². The van der Waals surface area contributed by atoms with Gasteiger partial charge in [-0.05, 0) is 25.1 Å². The molecule has 0 saturated carbocycles. The summed E-state index contributed by atoms with van der Waals surface area (Å²) >= 11 is 6.75. The minimum atomic E-state index is -3.72. The molecule has 0 unspecified atom stereocenters. The fraction of sp³-hybridized carbons (Fsp3) is 0.111. The summed E-state index contributed by atoms with van der Waals surface area (Å²) in [7, 11) is -3.72. The predicted molar refractivity (Wildman–Crippen MR) is 71.3 cm³/mol. The van der Waals surface area contributed by atoms with Crippen molar-refractivity contribution in [3.8, 4) is 0 Å². The molecule has 96 valence electrons. The molecule has 18 heavy (non-hydrogen) atoms. The van der Waals surface area contributed by atoms with Gasteiger partial charge >= 0.3 is 0 Å². The molecule has 0 aliphatic carbocycles. The second-order valence-electron chi connectivity index (χ2n) is 3.44. The third-order valence-corrected chi connectivity index (χ3v) is 4.55. The van der Waals surface area contributed by atoms with Crippen molar-refractivity contribution < 1.29 is 8.42 Å². The molecule has 0 spiro atoms. The highest BCUT2D eigenvalue weighted by Crippen LogP contribution is 2.24. The molecule has 6 nitrogen and oxygen atoms in total. The van der Waals surface area contributed by atoms with Gasteiger partial charge in [-0.3, -0.25) is 4.72 Å². The van der Waals surface area contributed by atoms with E-state index in [4.69, 9.17) is 17.3 Å². The number of benzene rings is 1. The quantitative estimate of drug-likeness (QED) is 0.844. The average Bonchev–Trinajstić information content (AvgIpc) is 2.67. The topological polar surface area (TPSA) is 98.0 Å². The van der Waals surface area contributed by atoms with Crippen LogP contribution in [-0.4, -0.2) is 17.8 Å². The summed E-state index contributed by atoms with van der Waals surface area (Å²) < 4.78 is 30.2. The van der Waals surface area contributed by atoms with Crippen molar-refractivity contribution >= 4 is 44.0 Å². The lowest BCUT2D eigenvalue weighted by Gasteiger charge is -2.06. The van der Waals surface area contributed by atoms with E-state index in [0.29, 0.717) is 11.5 Å². The van der Waals surface area contributed by atoms with E-state index in [1.165, 1.54) is 18.2 Å². The van der Waals surface area contributed by atoms with Crippen LogP contribution in [0, 0.1) is 6.92 Å². The van der Waals surface area contributed by atoms with E-state index in [9.17, 15) is 8.42 Å². The highest BCUT2D eigenvalue weighted by atomic mass is 35.5. The van der Waals surface area contributed by atoms with Gasteiger partial charge in [0, 0.05) is 11.5 Å². The van der Waals surface area contributed by atoms with Crippen molar-refractivity contribution in [3.63, 3.8) is 0 Å². The zero-order valence-electron chi connectivity index (χ0n) is 9.21. The van der Waals surface area contributed by atoms with Crippen LogP contribution in [0.3, 0.4) is 0 Å². The Kier molecular flexibility index (Phi) is 3.42. The van der Waals surface area contributed by atoms with Gasteiger partial charge in [0.15, 0.2) is 0 Å². The maximum Gasteiger partial charge on any atom is 0.263 e. The van der Waals surface area contributed by atoms with Crippen LogP contribution in [0.4, 0.5) is 10.8 Å². The summed E-state index contributed by atoms with van der Waals surface area (Å²) in [5.41, 5.74) is 5.84. The van der Waals surface area contributed by atoms with Crippen molar-refractivity contribution in [2.45, 2.75) is 11.8 Å². The maximum atomic E-state index is 12.0. The molecule has 0 saturated heterocycles. The smallest absolute Gasteiger partial charge is 0.263 e. The van der Waals surface area contributed by atoms with Crippen molar-refractivity contribution in [3.05, 3.63) is 29.0 Å². The Morgan fingerprint density at radius 1 is 1.44 bits per heavy atom. The van der Waals surface area contributed by atoms with E-state index in [0.717, 1.165) is 11.5 Å². The Balaban J connectivity index is 2.33. The van der Waals surface area contributed by atoms with Crippen molar-refractivity contribution in [2.75, 3.05) is 10.5 Å². The Labute approximate surface area is 113 Å². The number of nitrogens with two attached hydrogens (primary N) is 1. The fourth-order valence-electron chi connectivity index (χ4n) is 1.19. The third-order valence-electron chi connectivity index (χ3n) is 2.03. The van der Waals surface area contributed by atoms with Crippen LogP contribution >= 0.6 is 23.1 Å². The van der Waals surface area contributed by atoms with Gasteiger partial charge in [0.1, 0.15) is 5.82 Å². The summed E-state index contributed by atoms with van der Waals surface area (Å²) in [4.78, 5) is 3.94. The summed E-state index contributed by atoms with van der Waals surface area (Å²) in [6.07, 6.45) is 0. The van der Waals surface area contributed by atoms with Crippen LogP contribution in [0.15, 0.2) is 23.1 Å². The van der Waals surface area contributed by atoms with E-state index >= 15 is 0 Å². The summed E-state index contributed by atoms with van der Waals surface area (Å²) in [6.45, 7) is 1.67. The van der Waals surface area contributed by atoms with Gasteiger partial charge < -0.3 is 5.73 Å². The molecular formula is C9H9ClN4O2S2. The van der Waals surface area contributed by atoms with E-state index < -0.39 is 10.0 Å². The SMILES string of the molecule is Cc1nsc(NS(=O)(=O)c2ccc(N)c(Cl)c2)n1. The van der Waals surface area contributed by atoms with Gasteiger partial charge in [0.2, 0.25) is 5.13 Å². The standard InChI is InChI=1S/C9H9ClN4O2S2/c1-5-12-9(17-13-5)14-18(15,16)6-2-3-8(11)7(10)4-6/h2-4H,11H2,1H3,(H,12,13,14). The number of aryl methyl sites for hydroxylation is 1. The van der Waals surface area contributed by atoms with Crippen LogP contribution in [0.5, 0.6) is 0 Å². The number of anilines is 2. The monoisotopic (exact) mass is 304 g/mol. The normalized spacial score (nSPS) is 11.4. The number of aromatic nitrogens is 2. The first-order valence-corrected chi connectivity index (χ1v) is 7.40. The van der Waals surface area contributed by atoms with E-state index in [2.05, 4.69) is 14.1 Å². The number of rotatable bonds is 3. The van der Waals surface area contributed by atoms with Crippen LogP contribution in [0.25, 0.3) is 0 Å². The van der Waals surface area contributed by atoms with Crippen LogP contribution in [-0.2, 0) is 10.0 Å². The summed E-state index contributed by atoms with van der Waals surface area (Å²) in [6, 6.07) is 4.09. The molecule has 0 bridgehead atoms. The summed E-state index contributed by atoms with van der Waals surface area (Å²) in [5.74, 6) is 0.507. The molecule has 3 N–H and O–H groups in total. The van der Waals surface area contributed by atoms with Crippen LogP contribution in [0.2, 0.25) is 5.02 Å². The molecule has 0 aliphatic rings. The molecule has 1 aromatic carbocycles. The maximum absolute atomic E-state index is 12.0. The Bertz CT molecular complexity index is 684. The number of sulfonamides is 1. The largest absolute Gasteiger partial charge is 0.398 e. The lowest BCUT2D eigenvalue weighted by atomic mass is 10.3. The zero-order valence-corrected chi connectivity index (χ0v) is 11.6. The second-order valence-corrected chi connectivity index (χ2v) is 6.28. The highest BCUT2D eigenvalue weighted by Gasteiger charge is 2.17. The Morgan fingerprint density at radius 2 is 2.17 bits per heavy atom. The number of halogens is 1. The number of nitrogen functional groups attached to an aromatic ring is 1. The van der Waals surface area contributed by atoms with E-state index in [1.54, 1.807) is 6.92 Å². The summed E-state index contributed by atoms with van der Waals surface area (Å²) in [5, 5.41) is 0.395. The number of hydrogen-bond donors (Lipinski definition) is 2. The molecule has 0 amide bonds.